The van der Waals surface area contributed by atoms with Crippen molar-refractivity contribution in [3.63, 3.8) is 0 Å². The highest BCUT2D eigenvalue weighted by Gasteiger charge is 2.34. The van der Waals surface area contributed by atoms with Crippen LogP contribution >= 0.6 is 0 Å². The van der Waals surface area contributed by atoms with Gasteiger partial charge in [-0.1, -0.05) is 30.8 Å². The second kappa shape index (κ2) is 6.91. The second-order valence-electron chi connectivity index (χ2n) is 6.74. The third-order valence-electron chi connectivity index (χ3n) is 5.18. The average Bonchev–Trinajstić information content (AvgIpc) is 2.75. The van der Waals surface area contributed by atoms with E-state index in [1.54, 1.807) is 18.2 Å². The van der Waals surface area contributed by atoms with Crippen LogP contribution < -0.4 is 0 Å². The fraction of sp³-hybridized carbons (Fsp3) is 0.812. The molecule has 0 unspecified atom stereocenters. The maximum Gasteiger partial charge on any atom is 0.248 e. The molecule has 0 atom stereocenters. The summed E-state index contributed by atoms with van der Waals surface area (Å²) >= 11 is 0. The van der Waals surface area contributed by atoms with Crippen molar-refractivity contribution in [3.8, 4) is 0 Å². The van der Waals surface area contributed by atoms with Crippen molar-refractivity contribution in [1.29, 1.82) is 0 Å². The summed E-state index contributed by atoms with van der Waals surface area (Å²) in [5, 5.41) is 3.78. The van der Waals surface area contributed by atoms with Gasteiger partial charge in [0.1, 0.15) is 10.6 Å². The molecule has 0 amide bonds. The zero-order chi connectivity index (χ0) is 16.4. The topological polar surface area (TPSA) is 66.7 Å². The highest BCUT2D eigenvalue weighted by atomic mass is 32.2. The first kappa shape index (κ1) is 16.9. The van der Waals surface area contributed by atoms with Gasteiger partial charge in [-0.2, -0.15) is 4.31 Å². The van der Waals surface area contributed by atoms with E-state index in [1.165, 1.54) is 38.5 Å². The third-order valence-corrected chi connectivity index (χ3v) is 7.32. The summed E-state index contributed by atoms with van der Waals surface area (Å²) in [6, 6.07) is 0.640. The number of nitrogens with zero attached hydrogens (tertiary/aromatic N) is 3. The first-order chi connectivity index (χ1) is 11.0. The van der Waals surface area contributed by atoms with Crippen LogP contribution in [-0.4, -0.2) is 55.0 Å². The van der Waals surface area contributed by atoms with Crippen LogP contribution in [0.5, 0.6) is 0 Å². The molecule has 0 bridgehead atoms. The average molecular weight is 341 g/mol. The van der Waals surface area contributed by atoms with Crippen LogP contribution in [0.25, 0.3) is 0 Å². The summed E-state index contributed by atoms with van der Waals surface area (Å²) in [4.78, 5) is 2.74. The van der Waals surface area contributed by atoms with Gasteiger partial charge in [-0.05, 0) is 26.7 Å². The van der Waals surface area contributed by atoms with Crippen LogP contribution in [0.1, 0.15) is 50.0 Å². The lowest BCUT2D eigenvalue weighted by Crippen LogP contribution is -2.51. The van der Waals surface area contributed by atoms with E-state index in [0.717, 1.165) is 13.1 Å². The van der Waals surface area contributed by atoms with E-state index in [4.69, 9.17) is 4.52 Å². The Balaban J connectivity index is 1.66. The van der Waals surface area contributed by atoms with Gasteiger partial charge < -0.3 is 4.52 Å². The third kappa shape index (κ3) is 3.46. The molecule has 1 saturated carbocycles. The van der Waals surface area contributed by atoms with Crippen molar-refractivity contribution < 1.29 is 12.9 Å². The molecule has 1 aromatic rings. The number of sulfonamides is 1. The van der Waals surface area contributed by atoms with Gasteiger partial charge in [0.15, 0.2) is 5.76 Å². The number of hydrogen-bond donors (Lipinski definition) is 0. The maximum absolute atomic E-state index is 12.8. The van der Waals surface area contributed by atoms with Crippen LogP contribution in [0.2, 0.25) is 0 Å². The fourth-order valence-electron chi connectivity index (χ4n) is 3.90. The molecule has 1 saturated heterocycles. The highest BCUT2D eigenvalue weighted by Crippen LogP contribution is 2.26. The molecule has 130 valence electrons. The van der Waals surface area contributed by atoms with Gasteiger partial charge in [0.05, 0.1) is 0 Å². The van der Waals surface area contributed by atoms with Gasteiger partial charge in [-0.25, -0.2) is 8.42 Å². The van der Waals surface area contributed by atoms with E-state index in [9.17, 15) is 8.42 Å². The van der Waals surface area contributed by atoms with Gasteiger partial charge in [-0.15, -0.1) is 0 Å². The first-order valence-corrected chi connectivity index (χ1v) is 10.1. The largest absolute Gasteiger partial charge is 0.360 e. The monoisotopic (exact) mass is 341 g/mol. The van der Waals surface area contributed by atoms with E-state index in [2.05, 4.69) is 10.1 Å². The summed E-state index contributed by atoms with van der Waals surface area (Å²) in [5.74, 6) is 0.383. The van der Waals surface area contributed by atoms with Crippen molar-refractivity contribution in [2.24, 2.45) is 0 Å². The maximum atomic E-state index is 12.8. The molecule has 2 aliphatic rings. The zero-order valence-electron chi connectivity index (χ0n) is 14.1. The summed E-state index contributed by atoms with van der Waals surface area (Å²) in [6.45, 7) is 6.12. The van der Waals surface area contributed by atoms with Crippen molar-refractivity contribution in [2.75, 3.05) is 26.2 Å². The predicted octanol–water partition coefficient (Wildman–Crippen LogP) is 2.32. The van der Waals surface area contributed by atoms with Gasteiger partial charge in [0, 0.05) is 32.2 Å². The van der Waals surface area contributed by atoms with Gasteiger partial charge in [0.2, 0.25) is 10.0 Å². The summed E-state index contributed by atoms with van der Waals surface area (Å²) < 4.78 is 32.3. The van der Waals surface area contributed by atoms with Crippen molar-refractivity contribution in [2.45, 2.75) is 63.3 Å². The normalized spacial score (nSPS) is 23.0. The summed E-state index contributed by atoms with van der Waals surface area (Å²) in [7, 11) is -3.49. The molecular weight excluding hydrogens is 314 g/mol. The number of aryl methyl sites for hydroxylation is 2. The predicted molar refractivity (Wildman–Crippen MR) is 87.8 cm³/mol. The molecule has 6 nitrogen and oxygen atoms in total. The molecule has 0 aromatic carbocycles. The van der Waals surface area contributed by atoms with Crippen LogP contribution in [0, 0.1) is 13.8 Å². The van der Waals surface area contributed by atoms with Crippen LogP contribution in [0.15, 0.2) is 9.42 Å². The molecule has 2 heterocycles. The Morgan fingerprint density at radius 1 is 1.00 bits per heavy atom. The number of rotatable bonds is 3. The Morgan fingerprint density at radius 2 is 1.61 bits per heavy atom. The molecule has 3 rings (SSSR count). The van der Waals surface area contributed by atoms with E-state index in [-0.39, 0.29) is 4.90 Å². The molecule has 1 aromatic heterocycles. The molecule has 0 radical (unpaired) electrons. The van der Waals surface area contributed by atoms with E-state index >= 15 is 0 Å². The Kier molecular flexibility index (Phi) is 5.08. The Morgan fingerprint density at radius 3 is 2.13 bits per heavy atom. The minimum atomic E-state index is -3.49. The van der Waals surface area contributed by atoms with Crippen molar-refractivity contribution in [1.82, 2.24) is 14.4 Å². The van der Waals surface area contributed by atoms with Crippen LogP contribution in [0.3, 0.4) is 0 Å². The molecule has 23 heavy (non-hydrogen) atoms. The zero-order valence-corrected chi connectivity index (χ0v) is 14.9. The lowest BCUT2D eigenvalue weighted by Gasteiger charge is -2.38. The van der Waals surface area contributed by atoms with Gasteiger partial charge in [-0.3, -0.25) is 4.90 Å². The lowest BCUT2D eigenvalue weighted by atomic mass is 10.1. The highest BCUT2D eigenvalue weighted by molar-refractivity contribution is 7.89. The SMILES string of the molecule is Cc1noc(C)c1S(=O)(=O)N1CCN(C2CCCCCC2)CC1. The molecule has 0 N–H and O–H groups in total. The van der Waals surface area contributed by atoms with Crippen LogP contribution in [0.4, 0.5) is 0 Å². The standard InChI is InChI=1S/C16H27N3O3S/c1-13-16(14(2)22-17-13)23(20,21)19-11-9-18(10-12-19)15-7-5-3-4-6-8-15/h15H,3-12H2,1-2H3. The number of hydrogen-bond acceptors (Lipinski definition) is 5. The first-order valence-electron chi connectivity index (χ1n) is 8.67. The van der Waals surface area contributed by atoms with Gasteiger partial charge >= 0.3 is 0 Å². The van der Waals surface area contributed by atoms with E-state index in [1.807, 2.05) is 0 Å². The minimum Gasteiger partial charge on any atom is -0.360 e. The Labute approximate surface area is 138 Å². The molecule has 0 spiro atoms. The summed E-state index contributed by atoms with van der Waals surface area (Å²) in [5.41, 5.74) is 0.452. The molecule has 1 aliphatic heterocycles. The lowest BCUT2D eigenvalue weighted by molar-refractivity contribution is 0.126. The van der Waals surface area contributed by atoms with E-state index < -0.39 is 10.0 Å². The Hall–Kier alpha value is -0.920. The number of aromatic nitrogens is 1. The smallest absolute Gasteiger partial charge is 0.248 e. The number of piperazine rings is 1. The second-order valence-corrected chi connectivity index (χ2v) is 8.61. The van der Waals surface area contributed by atoms with Crippen molar-refractivity contribution >= 4 is 10.0 Å². The fourth-order valence-corrected chi connectivity index (χ4v) is 5.62. The van der Waals surface area contributed by atoms with Gasteiger partial charge in [0.25, 0.3) is 0 Å². The van der Waals surface area contributed by atoms with Crippen LogP contribution in [-0.2, 0) is 10.0 Å². The van der Waals surface area contributed by atoms with Crippen molar-refractivity contribution in [3.05, 3.63) is 11.5 Å². The quantitative estimate of drug-likeness (QED) is 0.789. The molecule has 1 aliphatic carbocycles. The molecule has 2 fully saturated rings. The molecule has 7 heteroatoms. The molecular formula is C16H27N3O3S. The Bertz CT molecular complexity index is 605. The summed E-state index contributed by atoms with van der Waals surface area (Å²) in [6.07, 6.45) is 7.82. The van der Waals surface area contributed by atoms with E-state index in [0.29, 0.717) is 30.6 Å². The minimum absolute atomic E-state index is 0.250.